The lowest BCUT2D eigenvalue weighted by atomic mass is 10.1. The van der Waals surface area contributed by atoms with E-state index < -0.39 is 0 Å². The number of likely N-dealkylation sites (N-methyl/N-ethyl adjacent to an activating group) is 1. The Morgan fingerprint density at radius 3 is 2.46 bits per heavy atom. The minimum atomic E-state index is 0.000621. The Bertz CT molecular complexity index is 981. The summed E-state index contributed by atoms with van der Waals surface area (Å²) in [6, 6.07) is 14.4. The third-order valence-corrected chi connectivity index (χ3v) is 6.97. The molecule has 0 saturated carbocycles. The molecule has 2 aromatic rings. The molecule has 26 heavy (non-hydrogen) atoms. The van der Waals surface area contributed by atoms with Crippen LogP contribution in [0.15, 0.2) is 62.3 Å². The number of benzene rings is 2. The first-order valence-electron chi connectivity index (χ1n) is 8.32. The van der Waals surface area contributed by atoms with Crippen LogP contribution in [-0.4, -0.2) is 30.1 Å². The van der Waals surface area contributed by atoms with Gasteiger partial charge in [-0.2, -0.15) is 0 Å². The Labute approximate surface area is 162 Å². The van der Waals surface area contributed by atoms with E-state index in [0.29, 0.717) is 0 Å². The highest BCUT2D eigenvalue weighted by molar-refractivity contribution is 8.19. The SMILES string of the molecule is Cc1ccc(N=C2SC(=C3Sc4ccccc4N3C)C(=O)N2C)c(C)c1. The topological polar surface area (TPSA) is 35.9 Å². The van der Waals surface area contributed by atoms with Gasteiger partial charge in [0.25, 0.3) is 5.91 Å². The van der Waals surface area contributed by atoms with Crippen LogP contribution in [0.25, 0.3) is 0 Å². The molecule has 0 bridgehead atoms. The number of amides is 1. The predicted octanol–water partition coefficient (Wildman–Crippen LogP) is 4.91. The van der Waals surface area contributed by atoms with Crippen molar-refractivity contribution in [2.45, 2.75) is 18.7 Å². The van der Waals surface area contributed by atoms with Crippen LogP contribution in [0.4, 0.5) is 11.4 Å². The van der Waals surface area contributed by atoms with Gasteiger partial charge in [0, 0.05) is 19.0 Å². The highest BCUT2D eigenvalue weighted by Crippen LogP contribution is 2.49. The highest BCUT2D eigenvalue weighted by Gasteiger charge is 2.37. The third kappa shape index (κ3) is 2.83. The van der Waals surface area contributed by atoms with Crippen LogP contribution in [0.1, 0.15) is 11.1 Å². The normalized spacial score (nSPS) is 21.1. The van der Waals surface area contributed by atoms with Crippen LogP contribution in [-0.2, 0) is 4.79 Å². The molecule has 2 heterocycles. The summed E-state index contributed by atoms with van der Waals surface area (Å²) in [4.78, 5) is 23.2. The number of para-hydroxylation sites is 1. The zero-order valence-corrected chi connectivity index (χ0v) is 16.7. The summed E-state index contributed by atoms with van der Waals surface area (Å²) in [6.45, 7) is 4.11. The molecule has 1 saturated heterocycles. The number of anilines is 1. The molecule has 0 aromatic heterocycles. The number of rotatable bonds is 1. The molecule has 4 rings (SSSR count). The van der Waals surface area contributed by atoms with Gasteiger partial charge in [0.05, 0.1) is 16.4 Å². The Hall–Kier alpha value is -2.18. The smallest absolute Gasteiger partial charge is 0.269 e. The molecule has 0 aliphatic carbocycles. The van der Waals surface area contributed by atoms with Crippen LogP contribution in [0.3, 0.4) is 0 Å². The zero-order valence-electron chi connectivity index (χ0n) is 15.1. The van der Waals surface area contributed by atoms with Gasteiger partial charge in [-0.3, -0.25) is 9.69 Å². The van der Waals surface area contributed by atoms with Crippen LogP contribution in [0, 0.1) is 13.8 Å². The lowest BCUT2D eigenvalue weighted by molar-refractivity contribution is -0.121. The fraction of sp³-hybridized carbons (Fsp3) is 0.200. The maximum atomic E-state index is 12.9. The summed E-state index contributed by atoms with van der Waals surface area (Å²) >= 11 is 3.09. The van der Waals surface area contributed by atoms with Gasteiger partial charge in [0.2, 0.25) is 0 Å². The lowest BCUT2D eigenvalue weighted by Gasteiger charge is -2.14. The first-order valence-corrected chi connectivity index (χ1v) is 9.96. The number of hydrogen-bond acceptors (Lipinski definition) is 5. The van der Waals surface area contributed by atoms with E-state index in [4.69, 9.17) is 4.99 Å². The number of hydrogen-bond donors (Lipinski definition) is 0. The number of carbonyl (C=O) groups is 1. The van der Waals surface area contributed by atoms with Crippen LogP contribution in [0.5, 0.6) is 0 Å². The Kier molecular flexibility index (Phi) is 4.32. The molecule has 1 fully saturated rings. The minimum absolute atomic E-state index is 0.000621. The Morgan fingerprint density at radius 1 is 0.962 bits per heavy atom. The maximum absolute atomic E-state index is 12.9. The Balaban J connectivity index is 1.71. The van der Waals surface area contributed by atoms with Crippen molar-refractivity contribution in [2.75, 3.05) is 19.0 Å². The van der Waals surface area contributed by atoms with E-state index in [1.807, 2.05) is 38.2 Å². The summed E-state index contributed by atoms with van der Waals surface area (Å²) in [5.41, 5.74) is 4.36. The van der Waals surface area contributed by atoms with Gasteiger partial charge in [-0.1, -0.05) is 41.6 Å². The molecular formula is C20H19N3OS2. The fourth-order valence-electron chi connectivity index (χ4n) is 3.01. The van der Waals surface area contributed by atoms with Crippen molar-refractivity contribution in [3.05, 3.63) is 63.5 Å². The average Bonchev–Trinajstić information content (AvgIpc) is 3.09. The van der Waals surface area contributed by atoms with E-state index in [9.17, 15) is 4.79 Å². The number of aryl methyl sites for hydroxylation is 2. The summed E-state index contributed by atoms with van der Waals surface area (Å²) in [5, 5.41) is 1.69. The molecule has 2 aliphatic heterocycles. The third-order valence-electron chi connectivity index (χ3n) is 4.48. The van der Waals surface area contributed by atoms with Crippen LogP contribution in [0.2, 0.25) is 0 Å². The van der Waals surface area contributed by atoms with Gasteiger partial charge in [-0.05, 0) is 49.4 Å². The van der Waals surface area contributed by atoms with Crippen LogP contribution >= 0.6 is 23.5 Å². The fourth-order valence-corrected chi connectivity index (χ4v) is 5.34. The standard InChI is InChI=1S/C20H19N3OS2/c1-12-9-10-14(13(2)11-12)21-20-23(4)18(24)17(26-20)19-22(3)15-7-5-6-8-16(15)25-19/h5-11H,1-4H3. The Morgan fingerprint density at radius 2 is 1.73 bits per heavy atom. The van der Waals surface area contributed by atoms with E-state index in [0.717, 1.165) is 32.0 Å². The number of carbonyl (C=O) groups excluding carboxylic acids is 1. The molecule has 4 nitrogen and oxygen atoms in total. The quantitative estimate of drug-likeness (QED) is 0.658. The van der Waals surface area contributed by atoms with E-state index in [1.165, 1.54) is 22.2 Å². The molecule has 0 atom stereocenters. The largest absolute Gasteiger partial charge is 0.337 e. The molecule has 132 valence electrons. The molecule has 0 spiro atoms. The van der Waals surface area contributed by atoms with Gasteiger partial charge in [0.1, 0.15) is 4.91 Å². The second kappa shape index (κ2) is 6.52. The van der Waals surface area contributed by atoms with Gasteiger partial charge in [-0.25, -0.2) is 4.99 Å². The number of fused-ring (bicyclic) bond motifs is 1. The maximum Gasteiger partial charge on any atom is 0.269 e. The molecule has 0 unspecified atom stereocenters. The number of aliphatic imine (C=N–C) groups is 1. The number of amidine groups is 1. The molecule has 2 aliphatic rings. The van der Waals surface area contributed by atoms with Gasteiger partial charge >= 0.3 is 0 Å². The van der Waals surface area contributed by atoms with Crippen molar-refractivity contribution < 1.29 is 4.79 Å². The summed E-state index contributed by atoms with van der Waals surface area (Å²) in [7, 11) is 3.80. The molecule has 1 amide bonds. The first kappa shape index (κ1) is 17.2. The van der Waals surface area contributed by atoms with Crippen molar-refractivity contribution in [3.8, 4) is 0 Å². The monoisotopic (exact) mass is 381 g/mol. The molecule has 2 aromatic carbocycles. The summed E-state index contributed by atoms with van der Waals surface area (Å²) < 4.78 is 0. The predicted molar refractivity (Wildman–Crippen MR) is 111 cm³/mol. The summed E-state index contributed by atoms with van der Waals surface area (Å²) in [5.74, 6) is 0.000621. The molecule has 6 heteroatoms. The number of nitrogens with zero attached hydrogens (tertiary/aromatic N) is 3. The van der Waals surface area contributed by atoms with Crippen molar-refractivity contribution in [2.24, 2.45) is 4.99 Å². The van der Waals surface area contributed by atoms with Gasteiger partial charge < -0.3 is 4.90 Å². The molecular weight excluding hydrogens is 362 g/mol. The minimum Gasteiger partial charge on any atom is -0.337 e. The lowest BCUT2D eigenvalue weighted by Crippen LogP contribution is -2.24. The van der Waals surface area contributed by atoms with Crippen molar-refractivity contribution in [1.82, 2.24) is 4.90 Å². The summed E-state index contributed by atoms with van der Waals surface area (Å²) in [6.07, 6.45) is 0. The van der Waals surface area contributed by atoms with Crippen molar-refractivity contribution in [3.63, 3.8) is 0 Å². The van der Waals surface area contributed by atoms with Gasteiger partial charge in [-0.15, -0.1) is 0 Å². The van der Waals surface area contributed by atoms with E-state index >= 15 is 0 Å². The number of thioether (sulfide) groups is 2. The van der Waals surface area contributed by atoms with Crippen molar-refractivity contribution >= 4 is 46.0 Å². The zero-order chi connectivity index (χ0) is 18.4. The average molecular weight is 382 g/mol. The molecule has 0 N–H and O–H groups in total. The van der Waals surface area contributed by atoms with Gasteiger partial charge in [0.15, 0.2) is 5.17 Å². The first-order chi connectivity index (χ1) is 12.5. The molecule has 0 radical (unpaired) electrons. The second-order valence-electron chi connectivity index (χ2n) is 6.41. The van der Waals surface area contributed by atoms with E-state index in [1.54, 1.807) is 23.7 Å². The van der Waals surface area contributed by atoms with E-state index in [2.05, 4.69) is 30.0 Å². The second-order valence-corrected chi connectivity index (χ2v) is 8.42. The van der Waals surface area contributed by atoms with Crippen molar-refractivity contribution in [1.29, 1.82) is 0 Å². The van der Waals surface area contributed by atoms with Crippen LogP contribution < -0.4 is 4.90 Å². The highest BCUT2D eigenvalue weighted by atomic mass is 32.2. The van der Waals surface area contributed by atoms with E-state index in [-0.39, 0.29) is 5.91 Å².